The van der Waals surface area contributed by atoms with Crippen LogP contribution in [0.2, 0.25) is 0 Å². The Balaban J connectivity index is 1.72. The number of ether oxygens (including phenoxy) is 1. The first-order valence-corrected chi connectivity index (χ1v) is 11.4. The Morgan fingerprint density at radius 2 is 1.61 bits per heavy atom. The fourth-order valence-corrected chi connectivity index (χ4v) is 4.19. The van der Waals surface area contributed by atoms with Gasteiger partial charge in [0.2, 0.25) is 0 Å². The van der Waals surface area contributed by atoms with Crippen molar-refractivity contribution < 1.29 is 31.1 Å². The zero-order chi connectivity index (χ0) is 24.0. The third-order valence-corrected chi connectivity index (χ3v) is 6.14. The van der Waals surface area contributed by atoms with Crippen LogP contribution in [0.1, 0.15) is 35.3 Å². The number of carbonyl (C=O) groups is 1. The summed E-state index contributed by atoms with van der Waals surface area (Å²) in [5, 5.41) is 2.77. The van der Waals surface area contributed by atoms with E-state index in [1.165, 1.54) is 30.3 Å². The summed E-state index contributed by atoms with van der Waals surface area (Å²) in [4.78, 5) is 12.6. The van der Waals surface area contributed by atoms with E-state index in [1.54, 1.807) is 25.1 Å². The Kier molecular flexibility index (Phi) is 7.59. The maximum absolute atomic E-state index is 13.0. The van der Waals surface area contributed by atoms with Crippen molar-refractivity contribution in [3.05, 3.63) is 89.7 Å². The van der Waals surface area contributed by atoms with Gasteiger partial charge < -0.3 is 10.1 Å². The third kappa shape index (κ3) is 6.26. The molecule has 174 valence electrons. The molecule has 0 heterocycles. The molecule has 10 heteroatoms. The third-order valence-electron chi connectivity index (χ3n) is 4.75. The van der Waals surface area contributed by atoms with Crippen molar-refractivity contribution in [3.8, 4) is 5.75 Å². The fraction of sp³-hybridized carbons (Fsp3) is 0.174. The van der Waals surface area contributed by atoms with E-state index in [4.69, 9.17) is 0 Å². The van der Waals surface area contributed by atoms with Crippen LogP contribution in [0.15, 0.2) is 77.7 Å². The van der Waals surface area contributed by atoms with Crippen molar-refractivity contribution in [2.75, 3.05) is 4.72 Å². The first-order valence-electron chi connectivity index (χ1n) is 9.92. The van der Waals surface area contributed by atoms with Crippen molar-refractivity contribution in [1.82, 2.24) is 5.32 Å². The Morgan fingerprint density at radius 1 is 0.970 bits per heavy atom. The minimum Gasteiger partial charge on any atom is -0.434 e. The molecule has 3 aromatic rings. The lowest BCUT2D eigenvalue weighted by Crippen LogP contribution is -2.28. The summed E-state index contributed by atoms with van der Waals surface area (Å²) in [6.45, 7) is -1.21. The summed E-state index contributed by atoms with van der Waals surface area (Å²) >= 11 is 0. The number of hydrogen-bond donors (Lipinski definition) is 2. The van der Waals surface area contributed by atoms with E-state index in [9.17, 15) is 26.4 Å². The van der Waals surface area contributed by atoms with Crippen LogP contribution in [0, 0.1) is 5.82 Å². The molecule has 0 aromatic heterocycles. The van der Waals surface area contributed by atoms with Gasteiger partial charge in [-0.1, -0.05) is 25.1 Å². The number of para-hydroxylation sites is 1. The summed E-state index contributed by atoms with van der Waals surface area (Å²) in [6, 6.07) is 15.6. The topological polar surface area (TPSA) is 84.5 Å². The molecule has 3 rings (SSSR count). The maximum atomic E-state index is 13.0. The number of carbonyl (C=O) groups excluding carboxylic acids is 1. The molecule has 0 radical (unpaired) electrons. The van der Waals surface area contributed by atoms with Crippen LogP contribution in [0.25, 0.3) is 0 Å². The number of anilines is 1. The predicted octanol–water partition coefficient (Wildman–Crippen LogP) is 5.11. The van der Waals surface area contributed by atoms with Gasteiger partial charge in [0, 0.05) is 16.8 Å². The van der Waals surface area contributed by atoms with Crippen LogP contribution in [0.3, 0.4) is 0 Å². The highest BCUT2D eigenvalue weighted by Gasteiger charge is 2.20. The number of benzene rings is 3. The number of halogens is 3. The summed E-state index contributed by atoms with van der Waals surface area (Å²) in [6.07, 6.45) is 0.422. The zero-order valence-electron chi connectivity index (χ0n) is 17.5. The van der Waals surface area contributed by atoms with Crippen LogP contribution < -0.4 is 14.8 Å². The zero-order valence-corrected chi connectivity index (χ0v) is 18.3. The highest BCUT2D eigenvalue weighted by Crippen LogP contribution is 2.29. The highest BCUT2D eigenvalue weighted by atomic mass is 32.2. The fourth-order valence-electron chi connectivity index (χ4n) is 3.13. The highest BCUT2D eigenvalue weighted by molar-refractivity contribution is 7.92. The molecule has 0 fully saturated rings. The molecule has 0 bridgehead atoms. The molecule has 0 aliphatic rings. The van der Waals surface area contributed by atoms with E-state index in [2.05, 4.69) is 14.8 Å². The van der Waals surface area contributed by atoms with Gasteiger partial charge in [-0.25, -0.2) is 12.8 Å². The summed E-state index contributed by atoms with van der Waals surface area (Å²) in [7, 11) is -3.93. The van der Waals surface area contributed by atoms with Crippen LogP contribution in [-0.2, 0) is 10.0 Å². The van der Waals surface area contributed by atoms with Crippen LogP contribution >= 0.6 is 0 Å². The molecule has 0 saturated carbocycles. The quantitative estimate of drug-likeness (QED) is 0.448. The first-order chi connectivity index (χ1) is 15.7. The largest absolute Gasteiger partial charge is 0.434 e. The summed E-state index contributed by atoms with van der Waals surface area (Å²) in [5.74, 6) is -1.05. The first kappa shape index (κ1) is 24.1. The van der Waals surface area contributed by atoms with Gasteiger partial charge in [-0.15, -0.1) is 0 Å². The van der Waals surface area contributed by atoms with Crippen LogP contribution in [0.4, 0.5) is 18.9 Å². The Morgan fingerprint density at radius 3 is 2.21 bits per heavy atom. The van der Waals surface area contributed by atoms with Crippen molar-refractivity contribution in [2.24, 2.45) is 0 Å². The molecule has 0 spiro atoms. The SMILES string of the molecule is CCC(NC(=O)c1ccc(NS(=O)(=O)c2ccc(F)cc2)cc1)c1ccccc1OC(F)F. The molecule has 1 atom stereocenters. The van der Waals surface area contributed by atoms with Gasteiger partial charge in [0.25, 0.3) is 15.9 Å². The van der Waals surface area contributed by atoms with E-state index in [0.29, 0.717) is 12.0 Å². The van der Waals surface area contributed by atoms with Gasteiger partial charge in [0.15, 0.2) is 0 Å². The second kappa shape index (κ2) is 10.4. The lowest BCUT2D eigenvalue weighted by molar-refractivity contribution is -0.0507. The standard InChI is InChI=1S/C23H21F3N2O4S/c1-2-20(19-5-3-4-6-21(19)32-23(25)26)27-22(29)15-7-11-17(12-8-15)28-33(30,31)18-13-9-16(24)10-14-18/h3-14,20,23,28H,2H2,1H3,(H,27,29). The van der Waals surface area contributed by atoms with Crippen molar-refractivity contribution >= 4 is 21.6 Å². The Bertz CT molecular complexity index is 1200. The Labute approximate surface area is 189 Å². The molecule has 2 N–H and O–H groups in total. The molecule has 1 unspecified atom stereocenters. The van der Waals surface area contributed by atoms with Crippen molar-refractivity contribution in [2.45, 2.75) is 30.9 Å². The molecule has 3 aromatic carbocycles. The average Bonchev–Trinajstić information content (AvgIpc) is 2.78. The van der Waals surface area contributed by atoms with Gasteiger partial charge >= 0.3 is 6.61 Å². The van der Waals surface area contributed by atoms with E-state index < -0.39 is 34.4 Å². The minimum atomic E-state index is -3.93. The van der Waals surface area contributed by atoms with E-state index >= 15 is 0 Å². The average molecular weight is 478 g/mol. The van der Waals surface area contributed by atoms with E-state index in [0.717, 1.165) is 24.3 Å². The van der Waals surface area contributed by atoms with Crippen molar-refractivity contribution in [3.63, 3.8) is 0 Å². The molecule has 0 saturated heterocycles. The normalized spacial score (nSPS) is 12.3. The Hall–Kier alpha value is -3.53. The summed E-state index contributed by atoms with van der Waals surface area (Å²) < 4.78 is 70.1. The smallest absolute Gasteiger partial charge is 0.387 e. The molecule has 6 nitrogen and oxygen atoms in total. The van der Waals surface area contributed by atoms with Gasteiger partial charge in [0.1, 0.15) is 11.6 Å². The monoisotopic (exact) mass is 478 g/mol. The lowest BCUT2D eigenvalue weighted by atomic mass is 10.0. The van der Waals surface area contributed by atoms with Crippen LogP contribution in [0.5, 0.6) is 5.75 Å². The number of amides is 1. The lowest BCUT2D eigenvalue weighted by Gasteiger charge is -2.20. The van der Waals surface area contributed by atoms with Gasteiger partial charge in [0.05, 0.1) is 10.9 Å². The molecule has 0 aliphatic heterocycles. The minimum absolute atomic E-state index is 0.0230. The maximum Gasteiger partial charge on any atom is 0.387 e. The molecule has 33 heavy (non-hydrogen) atoms. The van der Waals surface area contributed by atoms with Gasteiger partial charge in [-0.3, -0.25) is 9.52 Å². The van der Waals surface area contributed by atoms with Gasteiger partial charge in [-0.2, -0.15) is 8.78 Å². The van der Waals surface area contributed by atoms with Gasteiger partial charge in [-0.05, 0) is 61.0 Å². The number of alkyl halides is 2. The predicted molar refractivity (Wildman–Crippen MR) is 117 cm³/mol. The summed E-state index contributed by atoms with van der Waals surface area (Å²) in [5.41, 5.74) is 0.862. The number of sulfonamides is 1. The van der Waals surface area contributed by atoms with Crippen molar-refractivity contribution in [1.29, 1.82) is 0 Å². The molecule has 1 amide bonds. The van der Waals surface area contributed by atoms with E-state index in [-0.39, 0.29) is 21.9 Å². The second-order valence-corrected chi connectivity index (χ2v) is 8.67. The van der Waals surface area contributed by atoms with E-state index in [1.807, 2.05) is 0 Å². The number of hydrogen-bond acceptors (Lipinski definition) is 4. The molecular formula is C23H21F3N2O4S. The second-order valence-electron chi connectivity index (χ2n) is 6.99. The number of nitrogens with one attached hydrogen (secondary N) is 2. The van der Waals surface area contributed by atoms with Crippen LogP contribution in [-0.4, -0.2) is 20.9 Å². The molecule has 0 aliphatic carbocycles. The number of rotatable bonds is 9. The molecular weight excluding hydrogens is 457 g/mol.